The van der Waals surface area contributed by atoms with Crippen molar-refractivity contribution in [2.75, 3.05) is 5.75 Å². The molecule has 3 aromatic rings. The van der Waals surface area contributed by atoms with Gasteiger partial charge < -0.3 is 9.97 Å². The quantitative estimate of drug-likeness (QED) is 0.675. The van der Waals surface area contributed by atoms with E-state index in [-0.39, 0.29) is 11.5 Å². The molecule has 1 aliphatic rings. The molecule has 0 saturated carbocycles. The summed E-state index contributed by atoms with van der Waals surface area (Å²) < 4.78 is 12.9. The zero-order chi connectivity index (χ0) is 17.2. The van der Waals surface area contributed by atoms with Crippen molar-refractivity contribution in [1.82, 2.24) is 15.4 Å². The lowest BCUT2D eigenvalue weighted by Gasteiger charge is -2.15. The van der Waals surface area contributed by atoms with Crippen molar-refractivity contribution in [3.8, 4) is 0 Å². The van der Waals surface area contributed by atoms with E-state index in [9.17, 15) is 9.18 Å². The van der Waals surface area contributed by atoms with Crippen LogP contribution in [0.3, 0.4) is 0 Å². The van der Waals surface area contributed by atoms with Crippen LogP contribution in [0.25, 0.3) is 11.0 Å². The number of benzene rings is 2. The number of thioether (sulfide) groups is 1. The number of rotatable bonds is 3. The van der Waals surface area contributed by atoms with Gasteiger partial charge in [-0.05, 0) is 29.8 Å². The summed E-state index contributed by atoms with van der Waals surface area (Å²) in [5.74, 6) is 0.423. The van der Waals surface area contributed by atoms with Crippen molar-refractivity contribution in [2.24, 2.45) is 10.1 Å². The predicted molar refractivity (Wildman–Crippen MR) is 98.6 cm³/mol. The van der Waals surface area contributed by atoms with Gasteiger partial charge in [-0.1, -0.05) is 30.0 Å². The Balaban J connectivity index is 1.47. The summed E-state index contributed by atoms with van der Waals surface area (Å²) in [4.78, 5) is 21.2. The molecule has 6 nitrogen and oxygen atoms in total. The molecule has 1 aliphatic heterocycles. The van der Waals surface area contributed by atoms with Crippen LogP contribution < -0.4 is 11.1 Å². The number of imidazole rings is 1. The highest BCUT2D eigenvalue weighted by Crippen LogP contribution is 2.17. The molecule has 0 spiro atoms. The van der Waals surface area contributed by atoms with Gasteiger partial charge in [0, 0.05) is 11.3 Å². The molecule has 0 bridgehead atoms. The van der Waals surface area contributed by atoms with Crippen LogP contribution in [-0.2, 0) is 6.54 Å². The topological polar surface area (TPSA) is 85.4 Å². The van der Waals surface area contributed by atoms with Gasteiger partial charge in [0.25, 0.3) is 0 Å². The first-order valence-corrected chi connectivity index (χ1v) is 8.63. The van der Waals surface area contributed by atoms with E-state index in [1.54, 1.807) is 23.9 Å². The Kier molecular flexibility index (Phi) is 4.10. The van der Waals surface area contributed by atoms with Crippen LogP contribution in [0, 0.1) is 5.82 Å². The molecular weight excluding hydrogens is 341 g/mol. The highest BCUT2D eigenvalue weighted by atomic mass is 32.2. The number of fused-ring (bicyclic) bond motifs is 1. The largest absolute Gasteiger partial charge is 0.323 e. The Morgan fingerprint density at radius 2 is 1.92 bits per heavy atom. The molecule has 0 unspecified atom stereocenters. The summed E-state index contributed by atoms with van der Waals surface area (Å²) in [6.07, 6.45) is 0. The zero-order valence-corrected chi connectivity index (χ0v) is 13.9. The third-order valence-electron chi connectivity index (χ3n) is 3.80. The Labute approximate surface area is 146 Å². The van der Waals surface area contributed by atoms with Gasteiger partial charge in [0.2, 0.25) is 0 Å². The maximum absolute atomic E-state index is 12.9. The first-order valence-electron chi connectivity index (χ1n) is 7.64. The fourth-order valence-electron chi connectivity index (χ4n) is 2.51. The average Bonchev–Trinajstić information content (AvgIpc) is 3.01. The number of H-pyrrole nitrogens is 2. The number of hydrogen-bond acceptors (Lipinski definition) is 4. The highest BCUT2D eigenvalue weighted by Gasteiger charge is 2.13. The minimum absolute atomic E-state index is 0.222. The second kappa shape index (κ2) is 6.56. The summed E-state index contributed by atoms with van der Waals surface area (Å²) in [5.41, 5.74) is 7.02. The summed E-state index contributed by atoms with van der Waals surface area (Å²) in [6.45, 7) is 0.469. The fourth-order valence-corrected chi connectivity index (χ4v) is 3.28. The van der Waals surface area contributed by atoms with Gasteiger partial charge in [-0.15, -0.1) is 0 Å². The summed E-state index contributed by atoms with van der Waals surface area (Å²) in [7, 11) is 0. The Hall–Kier alpha value is -2.87. The molecule has 2 heterocycles. The van der Waals surface area contributed by atoms with Crippen molar-refractivity contribution >= 4 is 33.7 Å². The fraction of sp³-hybridized carbons (Fsp3) is 0.118. The van der Waals surface area contributed by atoms with E-state index in [0.717, 1.165) is 33.0 Å². The van der Waals surface area contributed by atoms with Crippen molar-refractivity contribution < 1.29 is 4.39 Å². The first kappa shape index (κ1) is 15.6. The predicted octanol–water partition coefficient (Wildman–Crippen LogP) is 2.59. The van der Waals surface area contributed by atoms with E-state index in [4.69, 9.17) is 0 Å². The van der Waals surface area contributed by atoms with Gasteiger partial charge in [-0.3, -0.25) is 10.4 Å². The standard InChI is InChI=1S/C17H14FN5OS/c18-12-4-1-10(2-5-12)8-19-17-23-22-15(9-25-17)11-3-6-13-14(7-11)21-16(24)20-13/h1-7H,8-9H2,(H,19,23)(H2,20,21,24). The number of hydrazone groups is 1. The minimum atomic E-state index is -0.253. The maximum Gasteiger partial charge on any atom is 0.323 e. The number of nitrogens with one attached hydrogen (secondary N) is 3. The molecule has 1 aromatic heterocycles. The lowest BCUT2D eigenvalue weighted by molar-refractivity contribution is 0.627. The second-order valence-electron chi connectivity index (χ2n) is 5.55. The molecule has 0 saturated heterocycles. The molecule has 2 aromatic carbocycles. The Morgan fingerprint density at radius 3 is 2.68 bits per heavy atom. The number of aliphatic imine (C=N–C) groups is 1. The number of aromatic nitrogens is 2. The third-order valence-corrected chi connectivity index (χ3v) is 4.71. The van der Waals surface area contributed by atoms with Crippen molar-refractivity contribution in [3.05, 3.63) is 69.9 Å². The molecule has 3 N–H and O–H groups in total. The summed E-state index contributed by atoms with van der Waals surface area (Å²) in [6, 6.07) is 12.0. The van der Waals surface area contributed by atoms with Gasteiger partial charge in [0.1, 0.15) is 5.82 Å². The summed E-state index contributed by atoms with van der Waals surface area (Å²) in [5, 5.41) is 5.10. The van der Waals surface area contributed by atoms with E-state index in [1.807, 2.05) is 18.2 Å². The van der Waals surface area contributed by atoms with E-state index in [2.05, 4.69) is 25.5 Å². The van der Waals surface area contributed by atoms with Gasteiger partial charge in [0.15, 0.2) is 5.17 Å². The van der Waals surface area contributed by atoms with E-state index >= 15 is 0 Å². The van der Waals surface area contributed by atoms with Crippen LogP contribution >= 0.6 is 11.8 Å². The van der Waals surface area contributed by atoms with Gasteiger partial charge in [-0.25, -0.2) is 9.18 Å². The molecular formula is C17H14FN5OS. The summed E-state index contributed by atoms with van der Waals surface area (Å²) >= 11 is 1.55. The van der Waals surface area contributed by atoms with E-state index < -0.39 is 0 Å². The van der Waals surface area contributed by atoms with Crippen molar-refractivity contribution in [2.45, 2.75) is 6.54 Å². The van der Waals surface area contributed by atoms with E-state index in [0.29, 0.717) is 12.3 Å². The minimum Gasteiger partial charge on any atom is -0.306 e. The Bertz CT molecular complexity index is 1040. The SMILES string of the molecule is O=c1[nH]c2ccc(C3=NNC(=NCc4ccc(F)cc4)SC3)cc2[nH]1. The van der Waals surface area contributed by atoms with Crippen LogP contribution in [0.1, 0.15) is 11.1 Å². The van der Waals surface area contributed by atoms with Gasteiger partial charge >= 0.3 is 5.69 Å². The molecule has 0 atom stereocenters. The van der Waals surface area contributed by atoms with E-state index in [1.165, 1.54) is 12.1 Å². The second-order valence-corrected chi connectivity index (χ2v) is 6.51. The van der Waals surface area contributed by atoms with Gasteiger partial charge in [0.05, 0.1) is 23.3 Å². The normalized spacial score (nSPS) is 16.0. The van der Waals surface area contributed by atoms with Crippen LogP contribution in [0.4, 0.5) is 4.39 Å². The van der Waals surface area contributed by atoms with Crippen LogP contribution in [0.15, 0.2) is 57.4 Å². The van der Waals surface area contributed by atoms with Crippen LogP contribution in [0.2, 0.25) is 0 Å². The van der Waals surface area contributed by atoms with Crippen molar-refractivity contribution in [3.63, 3.8) is 0 Å². The lowest BCUT2D eigenvalue weighted by atomic mass is 10.1. The third kappa shape index (κ3) is 3.48. The highest BCUT2D eigenvalue weighted by molar-refractivity contribution is 8.14. The molecule has 126 valence electrons. The molecule has 4 rings (SSSR count). The monoisotopic (exact) mass is 355 g/mol. The average molecular weight is 355 g/mol. The molecule has 0 radical (unpaired) electrons. The number of halogens is 1. The number of hydrogen-bond donors (Lipinski definition) is 3. The maximum atomic E-state index is 12.9. The lowest BCUT2D eigenvalue weighted by Crippen LogP contribution is -2.25. The van der Waals surface area contributed by atoms with Crippen molar-refractivity contribution in [1.29, 1.82) is 0 Å². The number of aromatic amines is 2. The number of nitrogens with zero attached hydrogens (tertiary/aromatic N) is 2. The van der Waals surface area contributed by atoms with Crippen LogP contribution in [-0.4, -0.2) is 26.6 Å². The molecule has 0 aliphatic carbocycles. The molecule has 0 amide bonds. The number of amidine groups is 1. The molecule has 25 heavy (non-hydrogen) atoms. The van der Waals surface area contributed by atoms with Crippen LogP contribution in [0.5, 0.6) is 0 Å². The zero-order valence-electron chi connectivity index (χ0n) is 13.0. The first-order chi connectivity index (χ1) is 12.2. The Morgan fingerprint density at radius 1 is 1.12 bits per heavy atom. The molecule has 8 heteroatoms. The molecule has 0 fully saturated rings. The smallest absolute Gasteiger partial charge is 0.306 e. The van der Waals surface area contributed by atoms with Gasteiger partial charge in [-0.2, -0.15) is 5.10 Å².